The van der Waals surface area contributed by atoms with E-state index in [2.05, 4.69) is 4.98 Å². The topological polar surface area (TPSA) is 70.6 Å². The van der Waals surface area contributed by atoms with Crippen LogP contribution in [-0.2, 0) is 14.6 Å². The van der Waals surface area contributed by atoms with Gasteiger partial charge < -0.3 is 4.90 Å². The summed E-state index contributed by atoms with van der Waals surface area (Å²) in [6.07, 6.45) is 0. The minimum Gasteiger partial charge on any atom is -0.308 e. The largest absolute Gasteiger partial charge is 0.308 e. The summed E-state index contributed by atoms with van der Waals surface area (Å²) in [6, 6.07) is 12.4. The van der Waals surface area contributed by atoms with Crippen LogP contribution in [0.25, 0.3) is 10.2 Å². The Morgan fingerprint density at radius 1 is 1.07 bits per heavy atom. The maximum absolute atomic E-state index is 14.0. The molecule has 0 unspecified atom stereocenters. The lowest BCUT2D eigenvalue weighted by molar-refractivity contribution is -0.116. The van der Waals surface area contributed by atoms with E-state index in [9.17, 15) is 17.6 Å². The summed E-state index contributed by atoms with van der Waals surface area (Å²) >= 11 is 1.16. The molecule has 0 aliphatic heterocycles. The molecule has 0 atom stereocenters. The third kappa shape index (κ3) is 4.54. The van der Waals surface area contributed by atoms with Gasteiger partial charge >= 0.3 is 0 Å². The van der Waals surface area contributed by atoms with E-state index in [0.717, 1.165) is 11.3 Å². The highest BCUT2D eigenvalue weighted by Gasteiger charge is 2.26. The highest BCUT2D eigenvalue weighted by molar-refractivity contribution is 7.92. The highest BCUT2D eigenvalue weighted by Crippen LogP contribution is 2.30. The van der Waals surface area contributed by atoms with Crippen LogP contribution in [0, 0.1) is 5.82 Å². The van der Waals surface area contributed by atoms with Crippen LogP contribution in [0.3, 0.4) is 0 Å². The van der Waals surface area contributed by atoms with E-state index >= 15 is 0 Å². The number of halogens is 1. The van der Waals surface area contributed by atoms with Crippen LogP contribution in [0.15, 0.2) is 53.4 Å². The van der Waals surface area contributed by atoms with Crippen molar-refractivity contribution in [2.24, 2.45) is 0 Å². The number of benzene rings is 2. The SMILES string of the molecule is CN(C)CCN(C(=O)CS(=O)(=O)c1ccccc1)c1nc2c(F)cccc2s1. The Balaban J connectivity index is 1.92. The number of para-hydroxylation sites is 1. The summed E-state index contributed by atoms with van der Waals surface area (Å²) in [6.45, 7) is 0.757. The van der Waals surface area contributed by atoms with Crippen molar-refractivity contribution in [2.75, 3.05) is 37.8 Å². The van der Waals surface area contributed by atoms with Gasteiger partial charge in [0.1, 0.15) is 17.1 Å². The normalized spacial score (nSPS) is 11.9. The maximum Gasteiger partial charge on any atom is 0.244 e. The second-order valence-electron chi connectivity index (χ2n) is 6.50. The lowest BCUT2D eigenvalue weighted by Gasteiger charge is -2.22. The van der Waals surface area contributed by atoms with Crippen molar-refractivity contribution in [2.45, 2.75) is 4.90 Å². The quantitative estimate of drug-likeness (QED) is 0.587. The van der Waals surface area contributed by atoms with Crippen LogP contribution in [0.1, 0.15) is 0 Å². The van der Waals surface area contributed by atoms with E-state index < -0.39 is 27.3 Å². The molecule has 1 aromatic heterocycles. The number of sulfone groups is 1. The summed E-state index contributed by atoms with van der Waals surface area (Å²) < 4.78 is 39.8. The summed E-state index contributed by atoms with van der Waals surface area (Å²) in [5, 5.41) is 0.287. The Kier molecular flexibility index (Phi) is 6.07. The molecule has 148 valence electrons. The van der Waals surface area contributed by atoms with E-state index in [-0.39, 0.29) is 22.1 Å². The third-order valence-electron chi connectivity index (χ3n) is 4.08. The fourth-order valence-corrected chi connectivity index (χ4v) is 4.84. The Hall–Kier alpha value is -2.36. The van der Waals surface area contributed by atoms with Crippen molar-refractivity contribution >= 4 is 42.4 Å². The predicted octanol–water partition coefficient (Wildman–Crippen LogP) is 2.80. The van der Waals surface area contributed by atoms with Gasteiger partial charge in [-0.25, -0.2) is 17.8 Å². The molecular weight excluding hydrogens is 401 g/mol. The van der Waals surface area contributed by atoms with Gasteiger partial charge in [-0.15, -0.1) is 0 Å². The van der Waals surface area contributed by atoms with Crippen LogP contribution < -0.4 is 4.90 Å². The second kappa shape index (κ2) is 8.34. The molecule has 3 aromatic rings. The molecule has 6 nitrogen and oxygen atoms in total. The smallest absolute Gasteiger partial charge is 0.244 e. The molecule has 9 heteroatoms. The minimum absolute atomic E-state index is 0.0891. The molecule has 0 spiro atoms. The molecule has 1 heterocycles. The number of likely N-dealkylation sites (N-methyl/N-ethyl adjacent to an activating group) is 1. The number of hydrogen-bond donors (Lipinski definition) is 0. The first-order chi connectivity index (χ1) is 13.3. The molecule has 0 aliphatic carbocycles. The molecule has 0 fully saturated rings. The minimum atomic E-state index is -3.79. The third-order valence-corrected chi connectivity index (χ3v) is 6.74. The Morgan fingerprint density at radius 3 is 2.43 bits per heavy atom. The van der Waals surface area contributed by atoms with Crippen molar-refractivity contribution in [3.05, 3.63) is 54.3 Å². The van der Waals surface area contributed by atoms with Gasteiger partial charge in [0.2, 0.25) is 5.91 Å². The van der Waals surface area contributed by atoms with E-state index in [1.165, 1.54) is 23.1 Å². The average Bonchev–Trinajstić information content (AvgIpc) is 3.07. The Labute approximate surface area is 167 Å². The van der Waals surface area contributed by atoms with Gasteiger partial charge in [0.15, 0.2) is 15.0 Å². The van der Waals surface area contributed by atoms with Crippen LogP contribution in [0.5, 0.6) is 0 Å². The number of carbonyl (C=O) groups excluding carboxylic acids is 1. The monoisotopic (exact) mass is 421 g/mol. The standard InChI is InChI=1S/C19H20FN3O3S2/c1-22(2)11-12-23(19-21-18-15(20)9-6-10-16(18)27-19)17(24)13-28(25,26)14-7-4-3-5-8-14/h3-10H,11-13H2,1-2H3. The number of carbonyl (C=O) groups is 1. The van der Waals surface area contributed by atoms with Gasteiger partial charge in [-0.3, -0.25) is 9.69 Å². The molecule has 0 radical (unpaired) electrons. The summed E-state index contributed by atoms with van der Waals surface area (Å²) in [5.74, 6) is -1.75. The average molecular weight is 422 g/mol. The fourth-order valence-electron chi connectivity index (χ4n) is 2.60. The zero-order chi connectivity index (χ0) is 20.3. The van der Waals surface area contributed by atoms with Crippen LogP contribution in [0.4, 0.5) is 9.52 Å². The first kappa shape index (κ1) is 20.4. The number of thiazole rings is 1. The number of anilines is 1. The molecule has 0 saturated heterocycles. The number of amides is 1. The van der Waals surface area contributed by atoms with E-state index in [0.29, 0.717) is 11.2 Å². The first-order valence-corrected chi connectivity index (χ1v) is 11.0. The van der Waals surface area contributed by atoms with E-state index in [4.69, 9.17) is 0 Å². The molecule has 0 N–H and O–H groups in total. The molecule has 0 bridgehead atoms. The lowest BCUT2D eigenvalue weighted by atomic mass is 10.3. The molecule has 1 amide bonds. The lowest BCUT2D eigenvalue weighted by Crippen LogP contribution is -2.40. The van der Waals surface area contributed by atoms with E-state index in [1.54, 1.807) is 30.3 Å². The number of nitrogens with zero attached hydrogens (tertiary/aromatic N) is 3. The number of fused-ring (bicyclic) bond motifs is 1. The van der Waals surface area contributed by atoms with Crippen molar-refractivity contribution < 1.29 is 17.6 Å². The van der Waals surface area contributed by atoms with E-state index in [1.807, 2.05) is 19.0 Å². The highest BCUT2D eigenvalue weighted by atomic mass is 32.2. The van der Waals surface area contributed by atoms with Crippen molar-refractivity contribution in [1.29, 1.82) is 0 Å². The zero-order valence-electron chi connectivity index (χ0n) is 15.5. The molecule has 0 aliphatic rings. The summed E-state index contributed by atoms with van der Waals surface area (Å²) in [5.41, 5.74) is 0.177. The second-order valence-corrected chi connectivity index (χ2v) is 9.50. The van der Waals surface area contributed by atoms with Gasteiger partial charge in [0.25, 0.3) is 0 Å². The van der Waals surface area contributed by atoms with Gasteiger partial charge in [0, 0.05) is 13.1 Å². The van der Waals surface area contributed by atoms with Crippen molar-refractivity contribution in [1.82, 2.24) is 9.88 Å². The van der Waals surface area contributed by atoms with Gasteiger partial charge in [-0.05, 0) is 38.4 Å². The predicted molar refractivity (Wildman–Crippen MR) is 109 cm³/mol. The first-order valence-electron chi connectivity index (χ1n) is 8.56. The molecule has 2 aromatic carbocycles. The Morgan fingerprint density at radius 2 is 1.79 bits per heavy atom. The summed E-state index contributed by atoms with van der Waals surface area (Å²) in [4.78, 5) is 20.4. The molecule has 28 heavy (non-hydrogen) atoms. The zero-order valence-corrected chi connectivity index (χ0v) is 17.1. The molecule has 0 saturated carbocycles. The van der Waals surface area contributed by atoms with Crippen LogP contribution >= 0.6 is 11.3 Å². The number of aromatic nitrogens is 1. The fraction of sp³-hybridized carbons (Fsp3) is 0.263. The number of rotatable bonds is 7. The van der Waals surface area contributed by atoms with Gasteiger partial charge in [-0.1, -0.05) is 35.6 Å². The molecular formula is C19H20FN3O3S2. The van der Waals surface area contributed by atoms with Crippen molar-refractivity contribution in [3.8, 4) is 0 Å². The summed E-state index contributed by atoms with van der Waals surface area (Å²) in [7, 11) is -0.0942. The van der Waals surface area contributed by atoms with Crippen molar-refractivity contribution in [3.63, 3.8) is 0 Å². The number of hydrogen-bond acceptors (Lipinski definition) is 6. The van der Waals surface area contributed by atoms with Crippen LogP contribution in [0.2, 0.25) is 0 Å². The Bertz CT molecular complexity index is 1080. The van der Waals surface area contributed by atoms with Gasteiger partial charge in [0.05, 0.1) is 9.60 Å². The van der Waals surface area contributed by atoms with Crippen LogP contribution in [-0.4, -0.2) is 57.1 Å². The van der Waals surface area contributed by atoms with Gasteiger partial charge in [-0.2, -0.15) is 0 Å². The maximum atomic E-state index is 14.0. The molecule has 3 rings (SSSR count).